The summed E-state index contributed by atoms with van der Waals surface area (Å²) >= 11 is 17.8. The van der Waals surface area contributed by atoms with E-state index < -0.39 is 0 Å². The molecule has 0 unspecified atom stereocenters. The fourth-order valence-corrected chi connectivity index (χ4v) is 7.56. The lowest BCUT2D eigenvalue weighted by Gasteiger charge is -1.94. The van der Waals surface area contributed by atoms with Gasteiger partial charge in [0.25, 0.3) is 5.70 Å². The Hall–Kier alpha value is -2.92. The van der Waals surface area contributed by atoms with Gasteiger partial charge >= 0.3 is 0 Å². The van der Waals surface area contributed by atoms with E-state index >= 15 is 0 Å². The van der Waals surface area contributed by atoms with Crippen LogP contribution >= 0.6 is 68.5 Å². The first-order valence-electron chi connectivity index (χ1n) is 8.61. The highest BCUT2D eigenvalue weighted by Crippen LogP contribution is 2.36. The Morgan fingerprint density at radius 3 is 1.66 bits per heavy atom. The molecule has 0 spiro atoms. The van der Waals surface area contributed by atoms with E-state index in [1.807, 2.05) is 42.5 Å². The van der Waals surface area contributed by atoms with Crippen LogP contribution in [0.25, 0.3) is 37.0 Å². The van der Waals surface area contributed by atoms with Gasteiger partial charge in [0.05, 0.1) is 34.9 Å². The van der Waals surface area contributed by atoms with E-state index in [1.54, 1.807) is 12.1 Å². The predicted octanol–water partition coefficient (Wildman–Crippen LogP) is 6.61. The topological polar surface area (TPSA) is 75.7 Å². The molecule has 4 aromatic heterocycles. The standard InChI is InChI=1S/C22H6Cl2N4S4/c1-28-14(10-27)18-7-13(16-3-5-20(24)30-16)22(32-18)21-12(15-2-4-19(23)29-15)6-17(31-21)11(8-25)9-26/h2-7H/b18-14+,22-21+. The number of hydrogen-bond donors (Lipinski definition) is 0. The van der Waals surface area contributed by atoms with E-state index in [1.165, 1.54) is 45.3 Å². The highest BCUT2D eigenvalue weighted by Gasteiger charge is 2.14. The summed E-state index contributed by atoms with van der Waals surface area (Å²) in [5, 5.41) is 28.2. The summed E-state index contributed by atoms with van der Waals surface area (Å²) < 4.78 is 4.00. The number of halogens is 2. The number of thiophene rings is 4. The van der Waals surface area contributed by atoms with Gasteiger partial charge < -0.3 is 0 Å². The van der Waals surface area contributed by atoms with Crippen molar-refractivity contribution in [3.8, 4) is 39.1 Å². The molecule has 0 aliphatic carbocycles. The van der Waals surface area contributed by atoms with Gasteiger partial charge in [-0.25, -0.2) is 10.1 Å². The molecule has 4 rings (SSSR count). The van der Waals surface area contributed by atoms with Gasteiger partial charge in [-0.3, -0.25) is 0 Å². The fraction of sp³-hybridized carbons (Fsp3) is 0. The Balaban J connectivity index is 2.29. The molecule has 0 saturated heterocycles. The summed E-state index contributed by atoms with van der Waals surface area (Å²) in [4.78, 5) is 5.14. The molecule has 0 saturated carbocycles. The Morgan fingerprint density at radius 1 is 0.750 bits per heavy atom. The van der Waals surface area contributed by atoms with Gasteiger partial charge in [0.2, 0.25) is 0 Å². The molecule has 0 fully saturated rings. The summed E-state index contributed by atoms with van der Waals surface area (Å²) in [7, 11) is 0. The van der Waals surface area contributed by atoms with Gasteiger partial charge in [-0.15, -0.1) is 45.3 Å². The van der Waals surface area contributed by atoms with Gasteiger partial charge in [0.15, 0.2) is 0 Å². The van der Waals surface area contributed by atoms with Crippen molar-refractivity contribution in [2.24, 2.45) is 0 Å². The second-order valence-corrected chi connectivity index (χ2v) is 11.6. The van der Waals surface area contributed by atoms with Gasteiger partial charge in [-0.1, -0.05) is 23.2 Å². The maximum atomic E-state index is 9.40. The highest BCUT2D eigenvalue weighted by molar-refractivity contribution is 7.20. The SMILES string of the molecule is [C-]#[N+]/C(C#N)=c1\cc(-c2ccc(Cl)s2)/c(=c2\sc(=C(C#N)C#N)cc2-c2ccc(Cl)s2)s1. The summed E-state index contributed by atoms with van der Waals surface area (Å²) in [5.41, 5.74) is 1.70. The Labute approximate surface area is 208 Å². The number of rotatable bonds is 2. The van der Waals surface area contributed by atoms with E-state index in [0.717, 1.165) is 29.9 Å². The zero-order valence-electron chi connectivity index (χ0n) is 15.6. The first kappa shape index (κ1) is 22.3. The molecule has 4 heterocycles. The molecule has 152 valence electrons. The molecule has 0 atom stereocenters. The Morgan fingerprint density at radius 2 is 1.25 bits per heavy atom. The van der Waals surface area contributed by atoms with Crippen LogP contribution in [0.15, 0.2) is 36.4 Å². The summed E-state index contributed by atoms with van der Waals surface area (Å²) in [6.45, 7) is 7.35. The van der Waals surface area contributed by atoms with Crippen LogP contribution < -0.4 is 9.06 Å². The summed E-state index contributed by atoms with van der Waals surface area (Å²) in [5.74, 6) is 0. The van der Waals surface area contributed by atoms with Crippen LogP contribution in [-0.4, -0.2) is 0 Å². The van der Waals surface area contributed by atoms with Crippen LogP contribution in [0.5, 0.6) is 0 Å². The minimum Gasteiger partial charge on any atom is -0.225 e. The van der Waals surface area contributed by atoms with Crippen LogP contribution in [0.2, 0.25) is 8.67 Å². The van der Waals surface area contributed by atoms with Crippen molar-refractivity contribution in [1.29, 1.82) is 15.8 Å². The van der Waals surface area contributed by atoms with Crippen molar-refractivity contribution in [2.45, 2.75) is 0 Å². The molecular formula is C22H6Cl2N4S4. The lowest BCUT2D eigenvalue weighted by molar-refractivity contribution is 1.51. The van der Waals surface area contributed by atoms with E-state index in [-0.39, 0.29) is 11.3 Å². The maximum Gasteiger partial charge on any atom is 0.278 e. The Kier molecular flexibility index (Phi) is 6.47. The van der Waals surface area contributed by atoms with Gasteiger partial charge in [-0.05, 0) is 36.4 Å². The first-order valence-corrected chi connectivity index (χ1v) is 12.6. The third-order valence-electron chi connectivity index (χ3n) is 4.27. The molecular weight excluding hydrogens is 519 g/mol. The predicted molar refractivity (Wildman–Crippen MR) is 132 cm³/mol. The normalized spacial score (nSPS) is 12.3. The van der Waals surface area contributed by atoms with Crippen LogP contribution in [0.4, 0.5) is 0 Å². The lowest BCUT2D eigenvalue weighted by atomic mass is 10.2. The van der Waals surface area contributed by atoms with Crippen LogP contribution in [0.3, 0.4) is 0 Å². The Bertz CT molecular complexity index is 1600. The molecule has 0 N–H and O–H groups in total. The molecule has 0 bridgehead atoms. The van der Waals surface area contributed by atoms with Crippen molar-refractivity contribution in [3.63, 3.8) is 0 Å². The van der Waals surface area contributed by atoms with Crippen LogP contribution in [0.1, 0.15) is 0 Å². The van der Waals surface area contributed by atoms with Crippen molar-refractivity contribution in [2.75, 3.05) is 0 Å². The molecule has 0 aliphatic rings. The maximum absolute atomic E-state index is 9.40. The minimum absolute atomic E-state index is 0.00366. The molecule has 0 amide bonds. The molecule has 0 aliphatic heterocycles. The van der Waals surface area contributed by atoms with Gasteiger partial charge in [0, 0.05) is 25.4 Å². The highest BCUT2D eigenvalue weighted by atomic mass is 35.5. The molecule has 4 aromatic rings. The van der Waals surface area contributed by atoms with Gasteiger partial charge in [-0.2, -0.15) is 10.5 Å². The van der Waals surface area contributed by atoms with E-state index in [4.69, 9.17) is 29.8 Å². The van der Waals surface area contributed by atoms with Crippen molar-refractivity contribution < 1.29 is 0 Å². The fourth-order valence-electron chi connectivity index (χ4n) is 2.91. The van der Waals surface area contributed by atoms with Crippen LogP contribution in [-0.2, 0) is 0 Å². The summed E-state index contributed by atoms with van der Waals surface area (Å²) in [6, 6.07) is 16.9. The van der Waals surface area contributed by atoms with Crippen molar-refractivity contribution in [1.82, 2.24) is 0 Å². The quantitative estimate of drug-likeness (QED) is 0.277. The molecule has 0 aromatic carbocycles. The van der Waals surface area contributed by atoms with E-state index in [0.29, 0.717) is 17.7 Å². The average molecular weight is 525 g/mol. The molecule has 4 nitrogen and oxygen atoms in total. The average Bonchev–Trinajstić information content (AvgIpc) is 3.56. The zero-order chi connectivity index (χ0) is 22.8. The molecule has 0 radical (unpaired) electrons. The lowest BCUT2D eigenvalue weighted by Crippen LogP contribution is -1.94. The van der Waals surface area contributed by atoms with E-state index in [9.17, 15) is 15.8 Å². The van der Waals surface area contributed by atoms with Crippen molar-refractivity contribution in [3.05, 3.63) is 74.6 Å². The minimum atomic E-state index is 0.00366. The molecule has 32 heavy (non-hydrogen) atoms. The number of nitriles is 3. The number of nitrogens with zero attached hydrogens (tertiary/aromatic N) is 4. The first-order chi connectivity index (χ1) is 15.5. The van der Waals surface area contributed by atoms with E-state index in [2.05, 4.69) is 4.85 Å². The largest absolute Gasteiger partial charge is 0.278 e. The van der Waals surface area contributed by atoms with Gasteiger partial charge in [0.1, 0.15) is 17.7 Å². The second-order valence-electron chi connectivity index (χ2n) is 6.09. The monoisotopic (exact) mass is 524 g/mol. The smallest absolute Gasteiger partial charge is 0.225 e. The number of hydrogen-bond acceptors (Lipinski definition) is 7. The summed E-state index contributed by atoms with van der Waals surface area (Å²) in [6.07, 6.45) is 0. The van der Waals surface area contributed by atoms with Crippen molar-refractivity contribution >= 4 is 79.8 Å². The third-order valence-corrected chi connectivity index (χ3v) is 9.26. The second kappa shape index (κ2) is 9.29. The van der Waals surface area contributed by atoms with Crippen LogP contribution in [0, 0.1) is 49.6 Å². The zero-order valence-corrected chi connectivity index (χ0v) is 20.4. The third kappa shape index (κ3) is 4.09. The molecule has 10 heteroatoms.